The summed E-state index contributed by atoms with van der Waals surface area (Å²) in [7, 11) is -4.81. The lowest BCUT2D eigenvalue weighted by Crippen LogP contribution is -2.32. The van der Waals surface area contributed by atoms with Crippen LogP contribution in [0.5, 0.6) is 0 Å². The molecular formula is C32H64NO11P. The van der Waals surface area contributed by atoms with Gasteiger partial charge in [-0.15, -0.1) is 0 Å². The van der Waals surface area contributed by atoms with Gasteiger partial charge in [0.2, 0.25) is 5.91 Å². The molecule has 0 aliphatic heterocycles. The third-order valence-corrected chi connectivity index (χ3v) is 8.72. The van der Waals surface area contributed by atoms with Gasteiger partial charge in [0.25, 0.3) is 0 Å². The Labute approximate surface area is 270 Å². The first-order chi connectivity index (χ1) is 21.4. The molecule has 0 aromatic carbocycles. The molecule has 1 amide bonds. The molecule has 0 fully saturated rings. The van der Waals surface area contributed by atoms with Crippen LogP contribution in [0.1, 0.15) is 155 Å². The number of nitrogens with one attached hydrogen (secondary N) is 1. The van der Waals surface area contributed by atoms with E-state index in [2.05, 4.69) is 12.2 Å². The molecule has 0 rings (SSSR count). The van der Waals surface area contributed by atoms with Gasteiger partial charge in [0, 0.05) is 6.42 Å². The summed E-state index contributed by atoms with van der Waals surface area (Å²) in [5.74, 6) is -1.39. The van der Waals surface area contributed by atoms with Crippen LogP contribution < -0.4 is 5.32 Å². The minimum atomic E-state index is -4.81. The molecule has 0 aliphatic carbocycles. The first-order valence-electron chi connectivity index (χ1n) is 17.3. The highest BCUT2D eigenvalue weighted by Crippen LogP contribution is 2.40. The lowest BCUT2D eigenvalue weighted by Gasteiger charge is -2.25. The van der Waals surface area contributed by atoms with Crippen LogP contribution in [0, 0.1) is 0 Å². The van der Waals surface area contributed by atoms with Gasteiger partial charge in [0.1, 0.15) is 6.54 Å². The van der Waals surface area contributed by atoms with Crippen molar-refractivity contribution in [1.29, 1.82) is 0 Å². The number of hydrogen-bond acceptors (Lipinski definition) is 8. The highest BCUT2D eigenvalue weighted by molar-refractivity contribution is 7.46. The van der Waals surface area contributed by atoms with Gasteiger partial charge in [-0.1, -0.05) is 103 Å². The van der Waals surface area contributed by atoms with E-state index in [4.69, 9.17) is 9.63 Å². The highest BCUT2D eigenvalue weighted by atomic mass is 31.2. The van der Waals surface area contributed by atoms with Gasteiger partial charge in [0.05, 0.1) is 30.5 Å². The Bertz CT molecular complexity index is 782. The van der Waals surface area contributed by atoms with Crippen molar-refractivity contribution in [1.82, 2.24) is 5.32 Å². The molecule has 5 atom stereocenters. The second-order valence-corrected chi connectivity index (χ2v) is 13.6. The maximum atomic E-state index is 11.5. The normalized spacial score (nSPS) is 15.4. The standard InChI is InChI=1S/C32H64NO11P/c1-2-3-4-5-6-7-8-9-10-11-12-16-19-30(44-45(41,42)43)29(37)24-23-28(36)27(35)22-21-26(34)18-15-13-14-17-20-31(38)33-25-32(39)40/h26-30,34-37H,2-25H2,1H3,(H,33,38)(H,39,40)(H2,41,42,43). The summed E-state index contributed by atoms with van der Waals surface area (Å²) < 4.78 is 16.3. The molecule has 0 saturated carbocycles. The van der Waals surface area contributed by atoms with Gasteiger partial charge in [-0.3, -0.25) is 14.1 Å². The van der Waals surface area contributed by atoms with E-state index < -0.39 is 50.9 Å². The predicted octanol–water partition coefficient (Wildman–Crippen LogP) is 5.10. The van der Waals surface area contributed by atoms with Crippen molar-refractivity contribution in [2.24, 2.45) is 0 Å². The molecule has 0 aromatic heterocycles. The van der Waals surface area contributed by atoms with E-state index in [0.29, 0.717) is 19.3 Å². The fourth-order valence-electron chi connectivity index (χ4n) is 5.38. The maximum absolute atomic E-state index is 11.5. The molecule has 0 radical (unpaired) electrons. The van der Waals surface area contributed by atoms with Gasteiger partial charge < -0.3 is 40.6 Å². The SMILES string of the molecule is CCCCCCCCCCCCCCC(OP(=O)(O)O)C(O)CCC(O)C(O)CCC(O)CCCCCCC(=O)NCC(=O)O. The van der Waals surface area contributed by atoms with Crippen LogP contribution in [0.4, 0.5) is 0 Å². The van der Waals surface area contributed by atoms with Crippen LogP contribution in [0.2, 0.25) is 0 Å². The van der Waals surface area contributed by atoms with Crippen molar-refractivity contribution in [2.45, 2.75) is 185 Å². The fraction of sp³-hybridized carbons (Fsp3) is 0.938. The number of aliphatic carboxylic acids is 1. The highest BCUT2D eigenvalue weighted by Gasteiger charge is 2.29. The zero-order valence-corrected chi connectivity index (χ0v) is 28.5. The third-order valence-electron chi connectivity index (χ3n) is 8.17. The summed E-state index contributed by atoms with van der Waals surface area (Å²) in [5, 5.41) is 52.3. The average Bonchev–Trinajstić information content (AvgIpc) is 2.98. The minimum absolute atomic E-state index is 0.00195. The molecule has 0 bridgehead atoms. The van der Waals surface area contributed by atoms with Crippen LogP contribution in [-0.4, -0.2) is 84.3 Å². The summed E-state index contributed by atoms with van der Waals surface area (Å²) in [6.07, 6.45) is 13.0. The Morgan fingerprint density at radius 3 is 1.58 bits per heavy atom. The molecule has 45 heavy (non-hydrogen) atoms. The van der Waals surface area contributed by atoms with E-state index in [9.17, 15) is 44.4 Å². The average molecular weight is 670 g/mol. The Kier molecular flexibility index (Phi) is 27.3. The number of aliphatic hydroxyl groups is 4. The van der Waals surface area contributed by atoms with E-state index in [0.717, 1.165) is 38.5 Å². The lowest BCUT2D eigenvalue weighted by atomic mass is 9.96. The largest absolute Gasteiger partial charge is 0.480 e. The number of phosphoric acid groups is 1. The molecule has 0 aromatic rings. The van der Waals surface area contributed by atoms with Gasteiger partial charge in [0.15, 0.2) is 0 Å². The van der Waals surface area contributed by atoms with Crippen molar-refractivity contribution in [3.8, 4) is 0 Å². The predicted molar refractivity (Wildman–Crippen MR) is 173 cm³/mol. The lowest BCUT2D eigenvalue weighted by molar-refractivity contribution is -0.137. The molecule has 0 spiro atoms. The zero-order valence-electron chi connectivity index (χ0n) is 27.6. The molecule has 5 unspecified atom stereocenters. The summed E-state index contributed by atoms with van der Waals surface area (Å²) in [5.41, 5.74) is 0. The van der Waals surface area contributed by atoms with Crippen molar-refractivity contribution >= 4 is 19.7 Å². The van der Waals surface area contributed by atoms with Gasteiger partial charge in [-0.25, -0.2) is 4.57 Å². The number of hydrogen-bond donors (Lipinski definition) is 8. The summed E-state index contributed by atoms with van der Waals surface area (Å²) >= 11 is 0. The first-order valence-corrected chi connectivity index (χ1v) is 18.8. The van der Waals surface area contributed by atoms with Crippen molar-refractivity contribution in [3.63, 3.8) is 0 Å². The molecule has 13 heteroatoms. The van der Waals surface area contributed by atoms with Crippen LogP contribution >= 0.6 is 7.82 Å². The Morgan fingerprint density at radius 2 is 1.07 bits per heavy atom. The zero-order chi connectivity index (χ0) is 33.9. The Morgan fingerprint density at radius 1 is 0.622 bits per heavy atom. The second-order valence-electron chi connectivity index (χ2n) is 12.4. The number of phosphoric ester groups is 1. The number of carbonyl (C=O) groups excluding carboxylic acids is 1. The van der Waals surface area contributed by atoms with E-state index >= 15 is 0 Å². The number of rotatable bonds is 32. The summed E-state index contributed by atoms with van der Waals surface area (Å²) in [6, 6.07) is 0. The summed E-state index contributed by atoms with van der Waals surface area (Å²) in [6.45, 7) is 1.82. The molecular weight excluding hydrogens is 605 g/mol. The van der Waals surface area contributed by atoms with Gasteiger partial charge in [-0.2, -0.15) is 0 Å². The molecule has 0 aliphatic rings. The third kappa shape index (κ3) is 28.8. The van der Waals surface area contributed by atoms with Crippen LogP contribution in [0.25, 0.3) is 0 Å². The number of unbranched alkanes of at least 4 members (excludes halogenated alkanes) is 14. The molecule has 0 heterocycles. The van der Waals surface area contributed by atoms with Crippen molar-refractivity contribution in [3.05, 3.63) is 0 Å². The number of carboxylic acid groups (broad SMARTS) is 1. The molecule has 268 valence electrons. The first kappa shape index (κ1) is 43.9. The quantitative estimate of drug-likeness (QED) is 0.0348. The van der Waals surface area contributed by atoms with Crippen molar-refractivity contribution < 1.29 is 54.0 Å². The molecule has 12 nitrogen and oxygen atoms in total. The number of carboxylic acids is 1. The van der Waals surface area contributed by atoms with Crippen LogP contribution in [-0.2, 0) is 18.7 Å². The van der Waals surface area contributed by atoms with E-state index in [1.807, 2.05) is 0 Å². The fourth-order valence-corrected chi connectivity index (χ4v) is 5.98. The smallest absolute Gasteiger partial charge is 0.469 e. The number of aliphatic hydroxyl groups excluding tert-OH is 4. The molecule has 0 saturated heterocycles. The number of amides is 1. The van der Waals surface area contributed by atoms with Crippen LogP contribution in [0.3, 0.4) is 0 Å². The minimum Gasteiger partial charge on any atom is -0.480 e. The van der Waals surface area contributed by atoms with E-state index in [1.54, 1.807) is 0 Å². The maximum Gasteiger partial charge on any atom is 0.469 e. The van der Waals surface area contributed by atoms with Gasteiger partial charge >= 0.3 is 13.8 Å². The molecule has 8 N–H and O–H groups in total. The summed E-state index contributed by atoms with van der Waals surface area (Å²) in [4.78, 5) is 40.5. The Balaban J connectivity index is 4.16. The van der Waals surface area contributed by atoms with Crippen molar-refractivity contribution in [2.75, 3.05) is 6.54 Å². The monoisotopic (exact) mass is 669 g/mol. The van der Waals surface area contributed by atoms with E-state index in [1.165, 1.54) is 51.4 Å². The topological polar surface area (TPSA) is 214 Å². The van der Waals surface area contributed by atoms with Gasteiger partial charge in [-0.05, 0) is 44.9 Å². The van der Waals surface area contributed by atoms with E-state index in [-0.39, 0.29) is 44.4 Å². The van der Waals surface area contributed by atoms with Crippen LogP contribution in [0.15, 0.2) is 0 Å². The number of carbonyl (C=O) groups is 2. The Hall–Kier alpha value is -1.11. The second kappa shape index (κ2) is 28.0.